The van der Waals surface area contributed by atoms with Crippen molar-refractivity contribution in [1.82, 2.24) is 0 Å². The quantitative estimate of drug-likeness (QED) is 0.746. The maximum atomic E-state index is 10.9. The Labute approximate surface area is 123 Å². The summed E-state index contributed by atoms with van der Waals surface area (Å²) < 4.78 is 5.53. The van der Waals surface area contributed by atoms with Gasteiger partial charge in [0.15, 0.2) is 0 Å². The smallest absolute Gasteiger partial charge is 0.309 e. The molecule has 0 spiro atoms. The number of ether oxygens (including phenoxy) is 1. The molecule has 106 valence electrons. The van der Waals surface area contributed by atoms with Crippen molar-refractivity contribution in [3.8, 4) is 5.75 Å². The summed E-state index contributed by atoms with van der Waals surface area (Å²) in [5.74, 6) is -0.210. The summed E-state index contributed by atoms with van der Waals surface area (Å²) in [7, 11) is 0. The summed E-state index contributed by atoms with van der Waals surface area (Å²) >= 11 is 11.9. The third-order valence-corrected chi connectivity index (χ3v) is 3.75. The highest BCUT2D eigenvalue weighted by molar-refractivity contribution is 6.42. The van der Waals surface area contributed by atoms with E-state index in [9.17, 15) is 4.79 Å². The maximum absolute atomic E-state index is 10.9. The molecule has 5 heteroatoms. The largest absolute Gasteiger partial charge is 0.492 e. The zero-order valence-corrected chi connectivity index (χ0v) is 12.6. The van der Waals surface area contributed by atoms with Gasteiger partial charge >= 0.3 is 5.97 Å². The number of unbranched alkanes of at least 4 members (excludes halogenated alkanes) is 1. The van der Waals surface area contributed by atoms with Gasteiger partial charge in [-0.25, -0.2) is 0 Å². The summed E-state index contributed by atoms with van der Waals surface area (Å²) in [5, 5.41) is 9.86. The Bertz CT molecular complexity index is 444. The molecular weight excluding hydrogens is 287 g/mol. The fourth-order valence-corrected chi connectivity index (χ4v) is 1.90. The van der Waals surface area contributed by atoms with Crippen LogP contribution in [0.5, 0.6) is 5.75 Å². The molecule has 0 atom stereocenters. The molecule has 0 heterocycles. The van der Waals surface area contributed by atoms with Gasteiger partial charge in [0.25, 0.3) is 0 Å². The van der Waals surface area contributed by atoms with Crippen molar-refractivity contribution in [2.45, 2.75) is 33.1 Å². The second kappa shape index (κ2) is 7.01. The summed E-state index contributed by atoms with van der Waals surface area (Å²) in [6.07, 6.45) is 2.19. The van der Waals surface area contributed by atoms with E-state index in [4.69, 9.17) is 33.0 Å². The predicted molar refractivity (Wildman–Crippen MR) is 77.2 cm³/mol. The molecule has 1 aromatic rings. The number of carboxylic acids is 1. The van der Waals surface area contributed by atoms with Crippen molar-refractivity contribution in [2.75, 3.05) is 6.61 Å². The van der Waals surface area contributed by atoms with Crippen LogP contribution in [0.3, 0.4) is 0 Å². The normalized spacial score (nSPS) is 11.4. The Morgan fingerprint density at radius 2 is 2.00 bits per heavy atom. The van der Waals surface area contributed by atoms with Crippen LogP contribution in [-0.2, 0) is 4.79 Å². The zero-order chi connectivity index (χ0) is 14.5. The molecular formula is C14H18Cl2O3. The standard InChI is InChI=1S/C14H18Cl2O3/c1-14(2,13(17)18)8-3-4-9-19-11-7-5-6-10(15)12(11)16/h5-7H,3-4,8-9H2,1-2H3,(H,17,18). The molecule has 3 nitrogen and oxygen atoms in total. The van der Waals surface area contributed by atoms with E-state index in [0.29, 0.717) is 28.8 Å². The minimum Gasteiger partial charge on any atom is -0.492 e. The molecule has 1 N–H and O–H groups in total. The molecule has 0 radical (unpaired) electrons. The third-order valence-electron chi connectivity index (χ3n) is 2.95. The lowest BCUT2D eigenvalue weighted by Gasteiger charge is -2.18. The van der Waals surface area contributed by atoms with Gasteiger partial charge in [0.05, 0.1) is 17.0 Å². The lowest BCUT2D eigenvalue weighted by molar-refractivity contribution is -0.147. The van der Waals surface area contributed by atoms with Crippen LogP contribution in [0.15, 0.2) is 18.2 Å². The first kappa shape index (κ1) is 16.1. The molecule has 0 aliphatic carbocycles. The predicted octanol–water partition coefficient (Wildman–Crippen LogP) is 4.65. The average molecular weight is 305 g/mol. The monoisotopic (exact) mass is 304 g/mol. The van der Waals surface area contributed by atoms with Crippen molar-refractivity contribution in [2.24, 2.45) is 5.41 Å². The van der Waals surface area contributed by atoms with Crippen LogP contribution in [0.4, 0.5) is 0 Å². The topological polar surface area (TPSA) is 46.5 Å². The van der Waals surface area contributed by atoms with Gasteiger partial charge < -0.3 is 9.84 Å². The molecule has 0 aromatic heterocycles. The van der Waals surface area contributed by atoms with E-state index < -0.39 is 11.4 Å². The van der Waals surface area contributed by atoms with Crippen molar-refractivity contribution in [3.63, 3.8) is 0 Å². The van der Waals surface area contributed by atoms with Gasteiger partial charge in [-0.15, -0.1) is 0 Å². The molecule has 1 aromatic carbocycles. The van der Waals surface area contributed by atoms with E-state index in [1.54, 1.807) is 32.0 Å². The van der Waals surface area contributed by atoms with Crippen LogP contribution >= 0.6 is 23.2 Å². The van der Waals surface area contributed by atoms with Crippen LogP contribution in [0, 0.1) is 5.41 Å². The van der Waals surface area contributed by atoms with E-state index in [2.05, 4.69) is 0 Å². The first-order valence-electron chi connectivity index (χ1n) is 6.15. The van der Waals surface area contributed by atoms with Gasteiger partial charge in [-0.3, -0.25) is 4.79 Å². The van der Waals surface area contributed by atoms with Gasteiger partial charge in [0, 0.05) is 0 Å². The summed E-state index contributed by atoms with van der Waals surface area (Å²) in [6, 6.07) is 5.23. The Morgan fingerprint density at radius 3 is 2.63 bits per heavy atom. The van der Waals surface area contributed by atoms with Crippen molar-refractivity contribution in [1.29, 1.82) is 0 Å². The Balaban J connectivity index is 2.32. The maximum Gasteiger partial charge on any atom is 0.309 e. The Kier molecular flexibility index (Phi) is 5.95. The van der Waals surface area contributed by atoms with E-state index in [1.165, 1.54) is 0 Å². The number of halogens is 2. The highest BCUT2D eigenvalue weighted by atomic mass is 35.5. The SMILES string of the molecule is CC(C)(CCCCOc1cccc(Cl)c1Cl)C(=O)O. The minimum absolute atomic E-state index is 0.412. The molecule has 0 fully saturated rings. The molecule has 0 unspecified atom stereocenters. The van der Waals surface area contributed by atoms with Gasteiger partial charge in [-0.1, -0.05) is 29.3 Å². The van der Waals surface area contributed by atoms with E-state index in [-0.39, 0.29) is 0 Å². The van der Waals surface area contributed by atoms with Crippen LogP contribution in [-0.4, -0.2) is 17.7 Å². The molecule has 0 saturated heterocycles. The number of hydrogen-bond acceptors (Lipinski definition) is 2. The minimum atomic E-state index is -0.772. The first-order chi connectivity index (χ1) is 8.84. The van der Waals surface area contributed by atoms with Crippen molar-refractivity contribution in [3.05, 3.63) is 28.2 Å². The second-order valence-electron chi connectivity index (χ2n) is 5.05. The third kappa shape index (κ3) is 4.92. The van der Waals surface area contributed by atoms with E-state index in [1.807, 2.05) is 0 Å². The van der Waals surface area contributed by atoms with Gasteiger partial charge in [-0.2, -0.15) is 0 Å². The summed E-state index contributed by atoms with van der Waals surface area (Å²) in [6.45, 7) is 3.95. The average Bonchev–Trinajstić information content (AvgIpc) is 2.33. The van der Waals surface area contributed by atoms with Gasteiger partial charge in [0.2, 0.25) is 0 Å². The Hall–Kier alpha value is -0.930. The number of carboxylic acid groups (broad SMARTS) is 1. The highest BCUT2D eigenvalue weighted by Gasteiger charge is 2.25. The zero-order valence-electron chi connectivity index (χ0n) is 11.1. The number of carbonyl (C=O) groups is 1. The lowest BCUT2D eigenvalue weighted by Crippen LogP contribution is -2.23. The number of rotatable bonds is 7. The summed E-state index contributed by atoms with van der Waals surface area (Å²) in [4.78, 5) is 10.9. The van der Waals surface area contributed by atoms with Crippen LogP contribution < -0.4 is 4.74 Å². The van der Waals surface area contributed by atoms with Crippen LogP contribution in [0.25, 0.3) is 0 Å². The van der Waals surface area contributed by atoms with Gasteiger partial charge in [0.1, 0.15) is 10.8 Å². The molecule has 0 amide bonds. The molecule has 0 saturated carbocycles. The fraction of sp³-hybridized carbons (Fsp3) is 0.500. The fourth-order valence-electron chi connectivity index (χ4n) is 1.55. The number of benzene rings is 1. The molecule has 0 aliphatic heterocycles. The molecule has 1 rings (SSSR count). The number of aliphatic carboxylic acids is 1. The van der Waals surface area contributed by atoms with Gasteiger partial charge in [-0.05, 0) is 45.2 Å². The van der Waals surface area contributed by atoms with E-state index >= 15 is 0 Å². The van der Waals surface area contributed by atoms with Crippen molar-refractivity contribution < 1.29 is 14.6 Å². The van der Waals surface area contributed by atoms with Crippen molar-refractivity contribution >= 4 is 29.2 Å². The summed E-state index contributed by atoms with van der Waals surface area (Å²) in [5.41, 5.74) is -0.687. The molecule has 0 aliphatic rings. The molecule has 19 heavy (non-hydrogen) atoms. The second-order valence-corrected chi connectivity index (χ2v) is 5.83. The molecule has 0 bridgehead atoms. The van der Waals surface area contributed by atoms with E-state index in [0.717, 1.165) is 12.8 Å². The highest BCUT2D eigenvalue weighted by Crippen LogP contribution is 2.31. The Morgan fingerprint density at radius 1 is 1.32 bits per heavy atom. The number of hydrogen-bond donors (Lipinski definition) is 1. The van der Waals surface area contributed by atoms with Crippen LogP contribution in [0.1, 0.15) is 33.1 Å². The lowest BCUT2D eigenvalue weighted by atomic mass is 9.87. The van der Waals surface area contributed by atoms with Crippen LogP contribution in [0.2, 0.25) is 10.0 Å². The first-order valence-corrected chi connectivity index (χ1v) is 6.90.